The van der Waals surface area contributed by atoms with Crippen LogP contribution < -0.4 is 0 Å². The standard InChI is InChI=1S/C55H32N4O/c1-2-15-34(16-3-1)53-56-54(42-25-12-21-33-14-8-9-22-39(33)42)58-55(57-53)44-27-13-26-43-51-41-24-11-10-23-40(41)49(32-50(51)60-52(43)44)59-47-30-37-19-6-4-17-35(37)28-45(47)46-29-36-18-5-7-20-38(36)31-48(46)59/h1-32H. The fourth-order valence-electron chi connectivity index (χ4n) is 9.41. The number of para-hydroxylation sites is 1. The van der Waals surface area contributed by atoms with Crippen LogP contribution in [-0.2, 0) is 0 Å². The number of furan rings is 1. The molecule has 0 aliphatic heterocycles. The van der Waals surface area contributed by atoms with Crippen LogP contribution in [0.25, 0.3) is 127 Å². The molecule has 0 saturated heterocycles. The Kier molecular flexibility index (Phi) is 6.95. The third-order valence-corrected chi connectivity index (χ3v) is 12.2. The average Bonchev–Trinajstić information content (AvgIpc) is 3.84. The van der Waals surface area contributed by atoms with E-state index in [0.29, 0.717) is 17.5 Å². The van der Waals surface area contributed by atoms with Gasteiger partial charge in [0.1, 0.15) is 11.2 Å². The first-order valence-corrected chi connectivity index (χ1v) is 20.3. The van der Waals surface area contributed by atoms with E-state index in [1.165, 1.54) is 32.3 Å². The van der Waals surface area contributed by atoms with Crippen molar-refractivity contribution >= 4 is 86.8 Å². The zero-order valence-corrected chi connectivity index (χ0v) is 32.2. The fourth-order valence-corrected chi connectivity index (χ4v) is 9.41. The second kappa shape index (κ2) is 12.7. The van der Waals surface area contributed by atoms with Crippen LogP contribution in [0.1, 0.15) is 0 Å². The van der Waals surface area contributed by atoms with Crippen molar-refractivity contribution in [3.8, 4) is 39.9 Å². The maximum Gasteiger partial charge on any atom is 0.167 e. The van der Waals surface area contributed by atoms with Gasteiger partial charge in [0.05, 0.1) is 22.3 Å². The van der Waals surface area contributed by atoms with Crippen molar-refractivity contribution in [2.75, 3.05) is 0 Å². The Morgan fingerprint density at radius 1 is 0.350 bits per heavy atom. The summed E-state index contributed by atoms with van der Waals surface area (Å²) in [6.45, 7) is 0. The number of hydrogen-bond acceptors (Lipinski definition) is 4. The lowest BCUT2D eigenvalue weighted by Crippen LogP contribution is -2.00. The van der Waals surface area contributed by atoms with Gasteiger partial charge in [-0.15, -0.1) is 0 Å². The van der Waals surface area contributed by atoms with Gasteiger partial charge in [-0.2, -0.15) is 0 Å². The predicted molar refractivity (Wildman–Crippen MR) is 248 cm³/mol. The Morgan fingerprint density at radius 2 is 0.850 bits per heavy atom. The zero-order valence-electron chi connectivity index (χ0n) is 32.2. The minimum Gasteiger partial charge on any atom is -0.455 e. The van der Waals surface area contributed by atoms with Crippen LogP contribution in [0.3, 0.4) is 0 Å². The summed E-state index contributed by atoms with van der Waals surface area (Å²) in [6.07, 6.45) is 0. The first kappa shape index (κ1) is 32.9. The van der Waals surface area contributed by atoms with Gasteiger partial charge < -0.3 is 8.98 Å². The molecule has 0 aliphatic carbocycles. The highest BCUT2D eigenvalue weighted by Gasteiger charge is 2.23. The van der Waals surface area contributed by atoms with Crippen molar-refractivity contribution in [1.82, 2.24) is 19.5 Å². The normalized spacial score (nSPS) is 12.0. The number of rotatable bonds is 4. The van der Waals surface area contributed by atoms with Crippen LogP contribution in [0, 0.1) is 0 Å². The minimum absolute atomic E-state index is 0.558. The highest BCUT2D eigenvalue weighted by atomic mass is 16.3. The van der Waals surface area contributed by atoms with Gasteiger partial charge in [-0.3, -0.25) is 0 Å². The Bertz CT molecular complexity index is 3800. The number of aromatic nitrogens is 4. The highest BCUT2D eigenvalue weighted by Crippen LogP contribution is 2.44. The summed E-state index contributed by atoms with van der Waals surface area (Å²) >= 11 is 0. The summed E-state index contributed by atoms with van der Waals surface area (Å²) in [7, 11) is 0. The third-order valence-electron chi connectivity index (χ3n) is 12.2. The molecule has 0 radical (unpaired) electrons. The molecule has 0 atom stereocenters. The van der Waals surface area contributed by atoms with Crippen LogP contribution in [0.4, 0.5) is 0 Å². The van der Waals surface area contributed by atoms with Gasteiger partial charge in [-0.1, -0.05) is 158 Å². The van der Waals surface area contributed by atoms with Gasteiger partial charge in [0, 0.05) is 44.1 Å². The molecule has 13 aromatic rings. The van der Waals surface area contributed by atoms with E-state index in [1.807, 2.05) is 30.3 Å². The fraction of sp³-hybridized carbons (Fsp3) is 0. The average molecular weight is 765 g/mol. The molecule has 0 unspecified atom stereocenters. The molecule has 10 aromatic carbocycles. The van der Waals surface area contributed by atoms with E-state index in [-0.39, 0.29) is 0 Å². The van der Waals surface area contributed by atoms with Crippen molar-refractivity contribution in [2.24, 2.45) is 0 Å². The van der Waals surface area contributed by atoms with Crippen LogP contribution in [0.5, 0.6) is 0 Å². The van der Waals surface area contributed by atoms with E-state index in [4.69, 9.17) is 19.4 Å². The smallest absolute Gasteiger partial charge is 0.167 e. The van der Waals surface area contributed by atoms with Gasteiger partial charge in [0.15, 0.2) is 17.5 Å². The van der Waals surface area contributed by atoms with Crippen molar-refractivity contribution in [3.63, 3.8) is 0 Å². The van der Waals surface area contributed by atoms with Crippen molar-refractivity contribution in [2.45, 2.75) is 0 Å². The summed E-state index contributed by atoms with van der Waals surface area (Å²) < 4.78 is 9.54. The Balaban J connectivity index is 1.10. The zero-order chi connectivity index (χ0) is 39.3. The van der Waals surface area contributed by atoms with E-state index in [9.17, 15) is 0 Å². The summed E-state index contributed by atoms with van der Waals surface area (Å²) in [4.78, 5) is 15.5. The second-order valence-electron chi connectivity index (χ2n) is 15.6. The maximum absolute atomic E-state index is 7.10. The van der Waals surface area contributed by atoms with Crippen LogP contribution in [0.2, 0.25) is 0 Å². The largest absolute Gasteiger partial charge is 0.455 e. The van der Waals surface area contributed by atoms with E-state index in [1.54, 1.807) is 0 Å². The first-order chi connectivity index (χ1) is 29.7. The molecule has 0 aliphatic rings. The lowest BCUT2D eigenvalue weighted by molar-refractivity contribution is 0.669. The van der Waals surface area contributed by atoms with E-state index < -0.39 is 0 Å². The number of hydrogen-bond donors (Lipinski definition) is 0. The number of nitrogens with zero attached hydrogens (tertiary/aromatic N) is 4. The first-order valence-electron chi connectivity index (χ1n) is 20.3. The van der Waals surface area contributed by atoms with Crippen molar-refractivity contribution in [1.29, 1.82) is 0 Å². The summed E-state index contributed by atoms with van der Waals surface area (Å²) in [5.74, 6) is 1.78. The Labute approximate surface area is 343 Å². The quantitative estimate of drug-likeness (QED) is 0.179. The second-order valence-corrected chi connectivity index (χ2v) is 15.6. The van der Waals surface area contributed by atoms with Gasteiger partial charge in [0.2, 0.25) is 0 Å². The Hall–Kier alpha value is -8.15. The molecule has 13 rings (SSSR count). The maximum atomic E-state index is 7.10. The van der Waals surface area contributed by atoms with Gasteiger partial charge in [0.25, 0.3) is 0 Å². The van der Waals surface area contributed by atoms with Crippen LogP contribution >= 0.6 is 0 Å². The molecule has 5 heteroatoms. The molecule has 0 bridgehead atoms. The van der Waals surface area contributed by atoms with E-state index in [0.717, 1.165) is 76.9 Å². The van der Waals surface area contributed by atoms with Crippen LogP contribution in [-0.4, -0.2) is 19.5 Å². The molecule has 5 nitrogen and oxygen atoms in total. The van der Waals surface area contributed by atoms with Crippen molar-refractivity contribution in [3.05, 3.63) is 194 Å². The minimum atomic E-state index is 0.558. The summed E-state index contributed by atoms with van der Waals surface area (Å²) in [5.41, 5.74) is 7.59. The molecular weight excluding hydrogens is 733 g/mol. The van der Waals surface area contributed by atoms with Gasteiger partial charge in [-0.05, 0) is 68.0 Å². The number of benzene rings is 10. The van der Waals surface area contributed by atoms with Gasteiger partial charge in [-0.25, -0.2) is 15.0 Å². The van der Waals surface area contributed by atoms with E-state index in [2.05, 4.69) is 168 Å². The molecule has 3 heterocycles. The molecule has 3 aromatic heterocycles. The molecule has 0 amide bonds. The molecule has 0 N–H and O–H groups in total. The monoisotopic (exact) mass is 764 g/mol. The summed E-state index contributed by atoms with van der Waals surface area (Å²) in [5, 5.41) is 13.8. The van der Waals surface area contributed by atoms with Gasteiger partial charge >= 0.3 is 0 Å². The molecule has 0 saturated carbocycles. The third kappa shape index (κ3) is 4.90. The topological polar surface area (TPSA) is 56.7 Å². The SMILES string of the molecule is c1ccc(-c2nc(-c3cccc4ccccc34)nc(-c3cccc4c3oc3cc(-n5c6cc7ccccc7cc6c6cc7ccccc7cc65)c5ccccc5c34)n2)cc1. The molecule has 278 valence electrons. The van der Waals surface area contributed by atoms with Crippen molar-refractivity contribution < 1.29 is 4.42 Å². The lowest BCUT2D eigenvalue weighted by atomic mass is 10.0. The summed E-state index contributed by atoms with van der Waals surface area (Å²) in [6, 6.07) is 68.6. The van der Waals surface area contributed by atoms with E-state index >= 15 is 0 Å². The molecule has 0 spiro atoms. The highest BCUT2D eigenvalue weighted by molar-refractivity contribution is 6.24. The Morgan fingerprint density at radius 3 is 1.55 bits per heavy atom. The molecule has 60 heavy (non-hydrogen) atoms. The molecular formula is C55H32N4O. The number of fused-ring (bicyclic) bond motifs is 11. The van der Waals surface area contributed by atoms with Crippen LogP contribution in [0.15, 0.2) is 199 Å². The predicted octanol–water partition coefficient (Wildman–Crippen LogP) is 14.5. The lowest BCUT2D eigenvalue weighted by Gasteiger charge is -2.13. The molecule has 0 fully saturated rings.